The zero-order valence-electron chi connectivity index (χ0n) is 16.4. The first-order valence-corrected chi connectivity index (χ1v) is 9.98. The van der Waals surface area contributed by atoms with Crippen LogP contribution in [0.25, 0.3) is 11.0 Å². The summed E-state index contributed by atoms with van der Waals surface area (Å²) in [6.45, 7) is 0.635. The predicted octanol–water partition coefficient (Wildman–Crippen LogP) is 5.33. The maximum Gasteiger partial charge on any atom is 0.231 e. The number of hydrogen-bond acceptors (Lipinski definition) is 4. The van der Waals surface area contributed by atoms with Crippen LogP contribution in [-0.4, -0.2) is 12.7 Å². The summed E-state index contributed by atoms with van der Waals surface area (Å²) in [6.07, 6.45) is 1.01. The van der Waals surface area contributed by atoms with Crippen molar-refractivity contribution in [1.29, 1.82) is 0 Å². The van der Waals surface area contributed by atoms with Crippen LogP contribution >= 0.6 is 0 Å². The van der Waals surface area contributed by atoms with Gasteiger partial charge >= 0.3 is 0 Å². The average Bonchev–Trinajstić information content (AvgIpc) is 3.42. The number of ether oxygens (including phenoxy) is 2. The third-order valence-corrected chi connectivity index (χ3v) is 5.22. The molecule has 0 fully saturated rings. The summed E-state index contributed by atoms with van der Waals surface area (Å²) in [4.78, 5) is 15.0. The maximum absolute atomic E-state index is 13.2. The van der Waals surface area contributed by atoms with Crippen molar-refractivity contribution in [3.05, 3.63) is 90.2 Å². The van der Waals surface area contributed by atoms with Gasteiger partial charge in [-0.1, -0.05) is 42.5 Å². The minimum Gasteiger partial charge on any atom is -0.459 e. The van der Waals surface area contributed by atoms with Gasteiger partial charge in [-0.25, -0.2) is 0 Å². The minimum atomic E-state index is 0.0410. The lowest BCUT2D eigenvalue weighted by molar-refractivity contribution is -0.118. The predicted molar refractivity (Wildman–Crippen MR) is 115 cm³/mol. The van der Waals surface area contributed by atoms with E-state index in [-0.39, 0.29) is 12.7 Å². The molecule has 3 aromatic carbocycles. The van der Waals surface area contributed by atoms with E-state index < -0.39 is 0 Å². The maximum atomic E-state index is 13.2. The molecule has 0 bridgehead atoms. The number of rotatable bonds is 6. The van der Waals surface area contributed by atoms with Crippen molar-refractivity contribution in [1.82, 2.24) is 0 Å². The minimum absolute atomic E-state index is 0.0410. The van der Waals surface area contributed by atoms with Gasteiger partial charge in [-0.3, -0.25) is 4.79 Å². The summed E-state index contributed by atoms with van der Waals surface area (Å²) in [5, 5.41) is 1.04. The van der Waals surface area contributed by atoms with Crippen molar-refractivity contribution in [2.75, 3.05) is 11.7 Å². The van der Waals surface area contributed by atoms with E-state index in [0.29, 0.717) is 19.4 Å². The van der Waals surface area contributed by atoms with Crippen LogP contribution in [-0.2, 0) is 17.8 Å². The summed E-state index contributed by atoms with van der Waals surface area (Å²) in [5.41, 5.74) is 2.73. The Morgan fingerprint density at radius 2 is 1.67 bits per heavy atom. The standard InChI is InChI=1S/C25H21NO4/c27-25(13-11-18-10-12-23-24(14-18)29-17-28-23)26(20-7-2-1-3-8-20)16-21-15-19-6-4-5-9-22(19)30-21/h1-10,12,14-15H,11,13,16-17H2. The topological polar surface area (TPSA) is 51.9 Å². The van der Waals surface area contributed by atoms with Gasteiger partial charge in [0, 0.05) is 17.5 Å². The van der Waals surface area contributed by atoms with Crippen LogP contribution in [0.15, 0.2) is 83.3 Å². The molecule has 1 aromatic heterocycles. The number of carbonyl (C=O) groups excluding carboxylic acids is 1. The Labute approximate surface area is 174 Å². The highest BCUT2D eigenvalue weighted by Gasteiger charge is 2.19. The summed E-state index contributed by atoms with van der Waals surface area (Å²) in [5.74, 6) is 2.29. The number of para-hydroxylation sites is 2. The molecule has 0 saturated carbocycles. The second-order valence-electron chi connectivity index (χ2n) is 7.25. The molecule has 1 aliphatic heterocycles. The first kappa shape index (κ1) is 18.3. The van der Waals surface area contributed by atoms with Gasteiger partial charge in [-0.15, -0.1) is 0 Å². The van der Waals surface area contributed by atoms with E-state index in [1.165, 1.54) is 0 Å². The van der Waals surface area contributed by atoms with E-state index in [4.69, 9.17) is 13.9 Å². The van der Waals surface area contributed by atoms with Crippen molar-refractivity contribution in [2.45, 2.75) is 19.4 Å². The summed E-state index contributed by atoms with van der Waals surface area (Å²) >= 11 is 0. The number of furan rings is 1. The van der Waals surface area contributed by atoms with E-state index in [1.54, 1.807) is 4.90 Å². The van der Waals surface area contributed by atoms with Crippen molar-refractivity contribution < 1.29 is 18.7 Å². The molecule has 0 unspecified atom stereocenters. The summed E-state index contributed by atoms with van der Waals surface area (Å²) < 4.78 is 16.8. The molecule has 0 atom stereocenters. The van der Waals surface area contributed by atoms with Crippen LogP contribution in [0.3, 0.4) is 0 Å². The highest BCUT2D eigenvalue weighted by Crippen LogP contribution is 2.33. The Morgan fingerprint density at radius 3 is 2.53 bits per heavy atom. The Hall–Kier alpha value is -3.73. The first-order valence-electron chi connectivity index (χ1n) is 9.98. The molecule has 4 aromatic rings. The molecular weight excluding hydrogens is 378 g/mol. The SMILES string of the molecule is O=C(CCc1ccc2c(c1)OCO2)N(Cc1cc2ccccc2o1)c1ccccc1. The molecule has 5 rings (SSSR count). The van der Waals surface area contributed by atoms with E-state index in [2.05, 4.69) is 0 Å². The van der Waals surface area contributed by atoms with Crippen LogP contribution in [0, 0.1) is 0 Å². The fourth-order valence-electron chi connectivity index (χ4n) is 3.68. The summed E-state index contributed by atoms with van der Waals surface area (Å²) in [7, 11) is 0. The van der Waals surface area contributed by atoms with E-state index >= 15 is 0 Å². The first-order chi connectivity index (χ1) is 14.8. The number of hydrogen-bond donors (Lipinski definition) is 0. The normalized spacial score (nSPS) is 12.3. The molecule has 0 saturated heterocycles. The Bertz CT molecular complexity index is 1150. The Balaban J connectivity index is 1.35. The molecule has 0 spiro atoms. The van der Waals surface area contributed by atoms with Gasteiger partial charge in [0.15, 0.2) is 11.5 Å². The Morgan fingerprint density at radius 1 is 0.867 bits per heavy atom. The number of nitrogens with zero attached hydrogens (tertiary/aromatic N) is 1. The van der Waals surface area contributed by atoms with Crippen LogP contribution in [0.1, 0.15) is 17.7 Å². The third kappa shape index (κ3) is 3.74. The molecule has 0 aliphatic carbocycles. The lowest BCUT2D eigenvalue weighted by Gasteiger charge is -2.22. The lowest BCUT2D eigenvalue weighted by atomic mass is 10.1. The number of anilines is 1. The number of fused-ring (bicyclic) bond motifs is 2. The largest absolute Gasteiger partial charge is 0.459 e. The lowest BCUT2D eigenvalue weighted by Crippen LogP contribution is -2.30. The quantitative estimate of drug-likeness (QED) is 0.440. The zero-order chi connectivity index (χ0) is 20.3. The number of amides is 1. The van der Waals surface area contributed by atoms with Crippen molar-refractivity contribution in [2.24, 2.45) is 0 Å². The Kier molecular flexibility index (Phi) is 4.85. The number of carbonyl (C=O) groups is 1. The van der Waals surface area contributed by atoms with Crippen molar-refractivity contribution in [3.63, 3.8) is 0 Å². The molecule has 2 heterocycles. The molecule has 30 heavy (non-hydrogen) atoms. The van der Waals surface area contributed by atoms with Gasteiger partial charge in [0.1, 0.15) is 11.3 Å². The van der Waals surface area contributed by atoms with Gasteiger partial charge in [0.05, 0.1) is 6.54 Å². The molecule has 5 heteroatoms. The fraction of sp³-hybridized carbons (Fsp3) is 0.160. The van der Waals surface area contributed by atoms with E-state index in [1.807, 2.05) is 78.9 Å². The molecular formula is C25H21NO4. The van der Waals surface area contributed by atoms with Crippen LogP contribution in [0.5, 0.6) is 11.5 Å². The smallest absolute Gasteiger partial charge is 0.231 e. The fourth-order valence-corrected chi connectivity index (χ4v) is 3.68. The molecule has 1 aliphatic rings. The van der Waals surface area contributed by atoms with Crippen molar-refractivity contribution in [3.8, 4) is 11.5 Å². The van der Waals surface area contributed by atoms with Crippen LogP contribution < -0.4 is 14.4 Å². The number of benzene rings is 3. The van der Waals surface area contributed by atoms with Gasteiger partial charge < -0.3 is 18.8 Å². The monoisotopic (exact) mass is 399 g/mol. The second kappa shape index (κ2) is 7.95. The molecule has 5 nitrogen and oxygen atoms in total. The van der Waals surface area contributed by atoms with Crippen LogP contribution in [0.4, 0.5) is 5.69 Å². The number of aryl methyl sites for hydroxylation is 1. The average molecular weight is 399 g/mol. The molecule has 0 radical (unpaired) electrons. The van der Waals surface area contributed by atoms with Crippen molar-refractivity contribution >= 4 is 22.6 Å². The molecule has 0 N–H and O–H groups in total. The van der Waals surface area contributed by atoms with E-state index in [9.17, 15) is 4.79 Å². The third-order valence-electron chi connectivity index (χ3n) is 5.22. The van der Waals surface area contributed by atoms with Gasteiger partial charge in [-0.2, -0.15) is 0 Å². The molecule has 1 amide bonds. The summed E-state index contributed by atoms with van der Waals surface area (Å²) in [6, 6.07) is 25.4. The van der Waals surface area contributed by atoms with Crippen LogP contribution in [0.2, 0.25) is 0 Å². The van der Waals surface area contributed by atoms with E-state index in [0.717, 1.165) is 39.5 Å². The highest BCUT2D eigenvalue weighted by atomic mass is 16.7. The molecule has 150 valence electrons. The van der Waals surface area contributed by atoms with Gasteiger partial charge in [0.25, 0.3) is 0 Å². The zero-order valence-corrected chi connectivity index (χ0v) is 16.4. The highest BCUT2D eigenvalue weighted by molar-refractivity contribution is 5.93. The second-order valence-corrected chi connectivity index (χ2v) is 7.25. The van der Waals surface area contributed by atoms with Gasteiger partial charge in [0.2, 0.25) is 12.7 Å². The van der Waals surface area contributed by atoms with Gasteiger partial charge in [-0.05, 0) is 48.4 Å².